The van der Waals surface area contributed by atoms with Crippen molar-refractivity contribution in [3.05, 3.63) is 55.9 Å². The van der Waals surface area contributed by atoms with Crippen LogP contribution in [0.5, 0.6) is 0 Å². The molecule has 0 saturated carbocycles. The summed E-state index contributed by atoms with van der Waals surface area (Å²) in [6, 6.07) is 0. The van der Waals surface area contributed by atoms with Crippen molar-refractivity contribution in [3.63, 3.8) is 0 Å². The highest BCUT2D eigenvalue weighted by molar-refractivity contribution is 5.50. The Balaban J connectivity index is 4.19. The summed E-state index contributed by atoms with van der Waals surface area (Å²) < 4.78 is 0. The van der Waals surface area contributed by atoms with Gasteiger partial charge >= 0.3 is 0 Å². The smallest absolute Gasteiger partial charge is 0.253 e. The summed E-state index contributed by atoms with van der Waals surface area (Å²) in [5.41, 5.74) is -0.283. The van der Waals surface area contributed by atoms with E-state index in [-0.39, 0.29) is 17.8 Å². The van der Waals surface area contributed by atoms with Gasteiger partial charge in [0.2, 0.25) is 0 Å². The summed E-state index contributed by atoms with van der Waals surface area (Å²) in [7, 11) is 0. The number of nitrogens with zero attached hydrogens (tertiary/aromatic N) is 2. The zero-order valence-electron chi connectivity index (χ0n) is 14.8. The number of carbonyl (C=O) groups excluding carboxylic acids is 1. The Kier molecular flexibility index (Phi) is 13.8. The van der Waals surface area contributed by atoms with Gasteiger partial charge in [-0.25, -0.2) is 0 Å². The Labute approximate surface area is 148 Å². The average Bonchev–Trinajstić information content (AvgIpc) is 2.57. The van der Waals surface area contributed by atoms with Crippen LogP contribution in [0.3, 0.4) is 0 Å². The van der Waals surface area contributed by atoms with Crippen molar-refractivity contribution in [3.8, 4) is 0 Å². The predicted molar refractivity (Wildman–Crippen MR) is 96.8 cm³/mol. The lowest BCUT2D eigenvalue weighted by atomic mass is 10.1. The molecule has 1 radical (unpaired) electrons. The first kappa shape index (κ1) is 22.7. The fraction of sp³-hybridized carbons (Fsp3) is 0.611. The van der Waals surface area contributed by atoms with Crippen molar-refractivity contribution >= 4 is 6.29 Å². The van der Waals surface area contributed by atoms with Crippen LogP contribution in [0.15, 0.2) is 35.7 Å². The van der Waals surface area contributed by atoms with Gasteiger partial charge in [-0.05, 0) is 44.3 Å². The highest BCUT2D eigenvalue weighted by Crippen LogP contribution is 2.14. The summed E-state index contributed by atoms with van der Waals surface area (Å²) in [5, 5.41) is 21.9. The van der Waals surface area contributed by atoms with Crippen molar-refractivity contribution in [1.29, 1.82) is 0 Å². The largest absolute Gasteiger partial charge is 0.291 e. The topological polar surface area (TPSA) is 103 Å². The van der Waals surface area contributed by atoms with Gasteiger partial charge in [0.25, 0.3) is 11.4 Å². The van der Waals surface area contributed by atoms with Crippen molar-refractivity contribution in [2.24, 2.45) is 0 Å². The fourth-order valence-corrected chi connectivity index (χ4v) is 2.25. The molecule has 0 aliphatic carbocycles. The average molecular weight is 351 g/mol. The van der Waals surface area contributed by atoms with Gasteiger partial charge in [-0.15, -0.1) is 0 Å². The molecule has 0 unspecified atom stereocenters. The molecule has 7 nitrogen and oxygen atoms in total. The van der Waals surface area contributed by atoms with Gasteiger partial charge in [-0.2, -0.15) is 0 Å². The van der Waals surface area contributed by atoms with Crippen molar-refractivity contribution in [2.75, 3.05) is 0 Å². The molecule has 0 amide bonds. The third kappa shape index (κ3) is 12.7. The number of unbranched alkanes of at least 4 members (excludes halogenated alkanes) is 6. The van der Waals surface area contributed by atoms with Crippen LogP contribution >= 0.6 is 0 Å². The van der Waals surface area contributed by atoms with Crippen LogP contribution in [0.2, 0.25) is 0 Å². The zero-order valence-corrected chi connectivity index (χ0v) is 14.8. The molecule has 139 valence electrons. The van der Waals surface area contributed by atoms with Gasteiger partial charge in [0, 0.05) is 6.42 Å². The van der Waals surface area contributed by atoms with Gasteiger partial charge in [0.15, 0.2) is 6.29 Å². The lowest BCUT2D eigenvalue weighted by molar-refractivity contribution is -0.450. The highest BCUT2D eigenvalue weighted by atomic mass is 16.6. The molecule has 0 heterocycles. The maximum atomic E-state index is 11.0. The van der Waals surface area contributed by atoms with E-state index in [0.717, 1.165) is 38.5 Å². The van der Waals surface area contributed by atoms with Crippen molar-refractivity contribution in [1.82, 2.24) is 0 Å². The Morgan fingerprint density at radius 2 is 1.52 bits per heavy atom. The molecule has 0 aliphatic heterocycles. The fourth-order valence-electron chi connectivity index (χ4n) is 2.25. The number of nitro groups is 2. The van der Waals surface area contributed by atoms with Crippen LogP contribution in [0.1, 0.15) is 71.1 Å². The van der Waals surface area contributed by atoms with Crippen LogP contribution in [0.25, 0.3) is 0 Å². The third-order valence-electron chi connectivity index (χ3n) is 3.58. The minimum Gasteiger partial charge on any atom is -0.291 e. The van der Waals surface area contributed by atoms with Crippen LogP contribution in [0.4, 0.5) is 0 Å². The maximum Gasteiger partial charge on any atom is 0.253 e. The molecule has 0 fully saturated rings. The van der Waals surface area contributed by atoms with E-state index in [4.69, 9.17) is 0 Å². The van der Waals surface area contributed by atoms with Gasteiger partial charge in [-0.1, -0.05) is 38.3 Å². The summed E-state index contributed by atoms with van der Waals surface area (Å²) in [6.07, 6.45) is 15.7. The Hall–Kier alpha value is -2.31. The lowest BCUT2D eigenvalue weighted by Gasteiger charge is -1.98. The second kappa shape index (κ2) is 15.2. The highest BCUT2D eigenvalue weighted by Gasteiger charge is 2.20. The van der Waals surface area contributed by atoms with Crippen LogP contribution in [-0.4, -0.2) is 16.1 Å². The summed E-state index contributed by atoms with van der Waals surface area (Å²) in [6.45, 7) is 1.75. The second-order valence-corrected chi connectivity index (χ2v) is 5.65. The quantitative estimate of drug-likeness (QED) is 0.181. The second-order valence-electron chi connectivity index (χ2n) is 5.65. The summed E-state index contributed by atoms with van der Waals surface area (Å²) in [5.74, 6) is 0. The van der Waals surface area contributed by atoms with E-state index in [9.17, 15) is 25.0 Å². The van der Waals surface area contributed by atoms with Gasteiger partial charge in [0.05, 0.1) is 9.85 Å². The van der Waals surface area contributed by atoms with Crippen molar-refractivity contribution < 1.29 is 14.6 Å². The molecular formula is C18H27N2O5. The summed E-state index contributed by atoms with van der Waals surface area (Å²) in [4.78, 5) is 30.8. The Morgan fingerprint density at radius 3 is 2.12 bits per heavy atom. The van der Waals surface area contributed by atoms with Gasteiger partial charge in [0.1, 0.15) is 6.42 Å². The van der Waals surface area contributed by atoms with Gasteiger partial charge in [-0.3, -0.25) is 25.0 Å². The standard InChI is InChI=1S/C18H27N2O5/c1-2-13-17(19(22)23)16-18(20(24)25)14-11-9-7-5-3-4-6-8-10-12-15-21/h7,9,13-14H,2-6,8,10-12,16H2,1H3/b9-7+,17-13-,18-14-. The number of hydrogen-bond donors (Lipinski definition) is 0. The first-order valence-corrected chi connectivity index (χ1v) is 8.69. The summed E-state index contributed by atoms with van der Waals surface area (Å²) >= 11 is 0. The molecule has 0 N–H and O–H groups in total. The molecule has 0 saturated heterocycles. The lowest BCUT2D eigenvalue weighted by Crippen LogP contribution is -2.06. The van der Waals surface area contributed by atoms with E-state index >= 15 is 0 Å². The zero-order chi connectivity index (χ0) is 18.9. The Morgan fingerprint density at radius 1 is 0.920 bits per heavy atom. The first-order chi connectivity index (χ1) is 12.0. The molecule has 0 aromatic carbocycles. The molecule has 0 aromatic rings. The molecule has 0 aromatic heterocycles. The number of allylic oxidation sites excluding steroid dienone is 4. The van der Waals surface area contributed by atoms with E-state index < -0.39 is 9.85 Å². The van der Waals surface area contributed by atoms with E-state index in [1.54, 1.807) is 6.92 Å². The SMILES string of the molecule is CC/C=C(/C/C(=C/C/C=C/CCCCCCC[C]=O)[N+](=O)[O-])[N+](=O)[O-]. The third-order valence-corrected chi connectivity index (χ3v) is 3.58. The molecule has 0 rings (SSSR count). The minimum atomic E-state index is -0.566. The normalized spacial score (nSPS) is 12.5. The molecule has 0 atom stereocenters. The molecule has 0 spiro atoms. The number of rotatable bonds is 15. The first-order valence-electron chi connectivity index (χ1n) is 8.69. The monoisotopic (exact) mass is 351 g/mol. The molecule has 25 heavy (non-hydrogen) atoms. The van der Waals surface area contributed by atoms with Gasteiger partial charge < -0.3 is 0 Å². The molecule has 0 aliphatic rings. The van der Waals surface area contributed by atoms with Crippen LogP contribution in [0, 0.1) is 20.2 Å². The van der Waals surface area contributed by atoms with Crippen LogP contribution < -0.4 is 0 Å². The predicted octanol–water partition coefficient (Wildman–Crippen LogP) is 4.89. The van der Waals surface area contributed by atoms with Crippen LogP contribution in [-0.2, 0) is 4.79 Å². The molecule has 7 heteroatoms. The number of hydrogen-bond acceptors (Lipinski definition) is 5. The van der Waals surface area contributed by atoms with E-state index in [1.165, 1.54) is 12.2 Å². The van der Waals surface area contributed by atoms with E-state index in [1.807, 2.05) is 18.4 Å². The van der Waals surface area contributed by atoms with E-state index in [0.29, 0.717) is 19.3 Å². The molecule has 0 bridgehead atoms. The molecular weight excluding hydrogens is 324 g/mol. The van der Waals surface area contributed by atoms with Crippen molar-refractivity contribution in [2.45, 2.75) is 71.1 Å². The Bertz CT molecular complexity index is 510. The minimum absolute atomic E-state index is 0.137. The van der Waals surface area contributed by atoms with E-state index in [2.05, 4.69) is 0 Å². The maximum absolute atomic E-state index is 11.0.